The van der Waals surface area contributed by atoms with Gasteiger partial charge in [0.15, 0.2) is 11.5 Å². The van der Waals surface area contributed by atoms with E-state index in [1.54, 1.807) is 0 Å². The summed E-state index contributed by atoms with van der Waals surface area (Å²) >= 11 is 1.50. The van der Waals surface area contributed by atoms with Gasteiger partial charge in [-0.05, 0) is 18.6 Å². The van der Waals surface area contributed by atoms with Gasteiger partial charge in [-0.1, -0.05) is 19.4 Å². The van der Waals surface area contributed by atoms with Gasteiger partial charge in [-0.25, -0.2) is 4.98 Å². The highest BCUT2D eigenvalue weighted by Crippen LogP contribution is 2.29. The standard InChI is InChI=1S/C14H17NO3S/c1-2-3-7-12-15-10-5-4-6-11(14(10)18-12)19-9-8-13(16)17/h4-6H,2-3,7-9H2,1H3,(H,16,17). The van der Waals surface area contributed by atoms with Crippen LogP contribution < -0.4 is 0 Å². The molecule has 0 saturated carbocycles. The molecule has 0 fully saturated rings. The SMILES string of the molecule is CCCCc1nc2cccc(SCCC(=O)O)c2o1. The molecule has 2 aromatic rings. The molecule has 19 heavy (non-hydrogen) atoms. The molecule has 0 amide bonds. The molecular formula is C14H17NO3S. The number of aryl methyl sites for hydroxylation is 1. The van der Waals surface area contributed by atoms with Crippen molar-refractivity contribution < 1.29 is 14.3 Å². The maximum absolute atomic E-state index is 10.5. The van der Waals surface area contributed by atoms with E-state index in [0.29, 0.717) is 5.75 Å². The number of para-hydroxylation sites is 1. The van der Waals surface area contributed by atoms with Gasteiger partial charge in [-0.2, -0.15) is 0 Å². The lowest BCUT2D eigenvalue weighted by Crippen LogP contribution is -1.95. The molecule has 0 spiro atoms. The number of aliphatic carboxylic acids is 1. The first-order chi connectivity index (χ1) is 9.20. The number of hydrogen-bond donors (Lipinski definition) is 1. The van der Waals surface area contributed by atoms with Gasteiger partial charge in [0, 0.05) is 12.2 Å². The summed E-state index contributed by atoms with van der Waals surface area (Å²) < 4.78 is 5.78. The summed E-state index contributed by atoms with van der Waals surface area (Å²) in [7, 11) is 0. The van der Waals surface area contributed by atoms with Gasteiger partial charge in [-0.15, -0.1) is 11.8 Å². The predicted octanol–water partition coefficient (Wildman–Crippen LogP) is 3.74. The van der Waals surface area contributed by atoms with E-state index in [0.717, 1.165) is 41.1 Å². The largest absolute Gasteiger partial charge is 0.481 e. The van der Waals surface area contributed by atoms with Crippen molar-refractivity contribution in [1.29, 1.82) is 0 Å². The molecule has 0 radical (unpaired) electrons. The Morgan fingerprint density at radius 3 is 3.05 bits per heavy atom. The highest BCUT2D eigenvalue weighted by Gasteiger charge is 2.10. The molecule has 0 aliphatic heterocycles. The first-order valence-corrected chi connectivity index (χ1v) is 7.42. The lowest BCUT2D eigenvalue weighted by molar-refractivity contribution is -0.136. The summed E-state index contributed by atoms with van der Waals surface area (Å²) in [6, 6.07) is 5.80. The number of unbranched alkanes of at least 4 members (excludes halogenated alkanes) is 1. The number of hydrogen-bond acceptors (Lipinski definition) is 4. The quantitative estimate of drug-likeness (QED) is 0.782. The first-order valence-electron chi connectivity index (χ1n) is 6.43. The average molecular weight is 279 g/mol. The van der Waals surface area contributed by atoms with E-state index in [2.05, 4.69) is 11.9 Å². The number of benzene rings is 1. The number of carbonyl (C=O) groups is 1. The summed E-state index contributed by atoms with van der Waals surface area (Å²) in [5.74, 6) is 0.531. The van der Waals surface area contributed by atoms with E-state index in [-0.39, 0.29) is 6.42 Å². The van der Waals surface area contributed by atoms with E-state index in [1.165, 1.54) is 11.8 Å². The Balaban J connectivity index is 2.14. The van der Waals surface area contributed by atoms with Crippen molar-refractivity contribution in [3.8, 4) is 0 Å². The third kappa shape index (κ3) is 3.73. The van der Waals surface area contributed by atoms with Crippen molar-refractivity contribution in [1.82, 2.24) is 4.98 Å². The smallest absolute Gasteiger partial charge is 0.304 e. The van der Waals surface area contributed by atoms with E-state index in [1.807, 2.05) is 18.2 Å². The van der Waals surface area contributed by atoms with Crippen LogP contribution in [-0.4, -0.2) is 21.8 Å². The molecule has 0 aliphatic rings. The highest BCUT2D eigenvalue weighted by molar-refractivity contribution is 7.99. The van der Waals surface area contributed by atoms with E-state index in [9.17, 15) is 4.79 Å². The molecule has 0 bridgehead atoms. The molecule has 5 heteroatoms. The van der Waals surface area contributed by atoms with Crippen LogP contribution >= 0.6 is 11.8 Å². The maximum atomic E-state index is 10.5. The molecule has 0 atom stereocenters. The Labute approximate surface area is 116 Å². The number of oxazole rings is 1. The second kappa shape index (κ2) is 6.61. The number of rotatable bonds is 7. The fourth-order valence-electron chi connectivity index (χ4n) is 1.77. The minimum Gasteiger partial charge on any atom is -0.481 e. The summed E-state index contributed by atoms with van der Waals surface area (Å²) in [4.78, 5) is 16.0. The van der Waals surface area contributed by atoms with Crippen LogP contribution in [0.4, 0.5) is 0 Å². The Morgan fingerprint density at radius 2 is 2.32 bits per heavy atom. The second-order valence-corrected chi connectivity index (χ2v) is 5.44. The van der Waals surface area contributed by atoms with Gasteiger partial charge in [0.05, 0.1) is 11.3 Å². The molecule has 1 aromatic carbocycles. The summed E-state index contributed by atoms with van der Waals surface area (Å²) in [5.41, 5.74) is 1.63. The lowest BCUT2D eigenvalue weighted by atomic mass is 10.2. The van der Waals surface area contributed by atoms with Crippen molar-refractivity contribution in [2.75, 3.05) is 5.75 Å². The Bertz CT molecular complexity index is 565. The van der Waals surface area contributed by atoms with Crippen LogP contribution in [-0.2, 0) is 11.2 Å². The Kier molecular flexibility index (Phi) is 4.85. The highest BCUT2D eigenvalue weighted by atomic mass is 32.2. The molecular weight excluding hydrogens is 262 g/mol. The normalized spacial score (nSPS) is 11.0. The summed E-state index contributed by atoms with van der Waals surface area (Å²) in [5, 5.41) is 8.66. The van der Waals surface area contributed by atoms with Crippen LogP contribution in [0, 0.1) is 0 Å². The molecule has 4 nitrogen and oxygen atoms in total. The van der Waals surface area contributed by atoms with Crippen LogP contribution in [0.1, 0.15) is 32.1 Å². The van der Waals surface area contributed by atoms with Gasteiger partial charge >= 0.3 is 5.97 Å². The summed E-state index contributed by atoms with van der Waals surface area (Å²) in [6.45, 7) is 2.13. The fraction of sp³-hybridized carbons (Fsp3) is 0.429. The zero-order valence-electron chi connectivity index (χ0n) is 10.9. The zero-order valence-corrected chi connectivity index (χ0v) is 11.7. The monoisotopic (exact) mass is 279 g/mol. The topological polar surface area (TPSA) is 63.3 Å². The Hall–Kier alpha value is -1.49. The van der Waals surface area contributed by atoms with Crippen LogP contribution in [0.5, 0.6) is 0 Å². The van der Waals surface area contributed by atoms with Gasteiger partial charge in [0.1, 0.15) is 5.52 Å². The van der Waals surface area contributed by atoms with Crippen LogP contribution in [0.2, 0.25) is 0 Å². The van der Waals surface area contributed by atoms with Gasteiger partial charge in [0.2, 0.25) is 0 Å². The molecule has 0 saturated heterocycles. The molecule has 1 aromatic heterocycles. The molecule has 1 N–H and O–H groups in total. The minimum absolute atomic E-state index is 0.151. The number of fused-ring (bicyclic) bond motifs is 1. The maximum Gasteiger partial charge on any atom is 0.304 e. The molecule has 0 unspecified atom stereocenters. The molecule has 2 rings (SSSR count). The predicted molar refractivity (Wildman–Crippen MR) is 75.6 cm³/mol. The third-order valence-corrected chi connectivity index (χ3v) is 3.78. The Morgan fingerprint density at radius 1 is 1.47 bits per heavy atom. The van der Waals surface area contributed by atoms with Gasteiger partial charge in [0.25, 0.3) is 0 Å². The molecule has 0 aliphatic carbocycles. The number of carboxylic acid groups (broad SMARTS) is 1. The average Bonchev–Trinajstić information content (AvgIpc) is 2.79. The number of carboxylic acids is 1. The second-order valence-electron chi connectivity index (χ2n) is 4.31. The first kappa shape index (κ1) is 13.9. The van der Waals surface area contributed by atoms with Crippen LogP contribution in [0.3, 0.4) is 0 Å². The van der Waals surface area contributed by atoms with Gasteiger partial charge < -0.3 is 9.52 Å². The minimum atomic E-state index is -0.777. The number of nitrogens with zero attached hydrogens (tertiary/aromatic N) is 1. The van der Waals surface area contributed by atoms with E-state index < -0.39 is 5.97 Å². The van der Waals surface area contributed by atoms with Gasteiger partial charge in [-0.3, -0.25) is 4.79 Å². The van der Waals surface area contributed by atoms with Crippen molar-refractivity contribution in [3.05, 3.63) is 24.1 Å². The van der Waals surface area contributed by atoms with Crippen LogP contribution in [0.15, 0.2) is 27.5 Å². The third-order valence-electron chi connectivity index (χ3n) is 2.74. The number of aromatic nitrogens is 1. The lowest BCUT2D eigenvalue weighted by Gasteiger charge is -1.99. The number of thioether (sulfide) groups is 1. The fourth-order valence-corrected chi connectivity index (χ4v) is 2.72. The molecule has 1 heterocycles. The van der Waals surface area contributed by atoms with Crippen molar-refractivity contribution in [3.63, 3.8) is 0 Å². The van der Waals surface area contributed by atoms with Crippen molar-refractivity contribution in [2.45, 2.75) is 37.5 Å². The van der Waals surface area contributed by atoms with E-state index >= 15 is 0 Å². The molecule has 102 valence electrons. The van der Waals surface area contributed by atoms with Crippen LogP contribution in [0.25, 0.3) is 11.1 Å². The zero-order chi connectivity index (χ0) is 13.7. The van der Waals surface area contributed by atoms with E-state index in [4.69, 9.17) is 9.52 Å². The summed E-state index contributed by atoms with van der Waals surface area (Å²) in [6.07, 6.45) is 3.18. The van der Waals surface area contributed by atoms with Crippen molar-refractivity contribution in [2.24, 2.45) is 0 Å². The van der Waals surface area contributed by atoms with Crippen molar-refractivity contribution >= 4 is 28.8 Å².